The average molecular weight is 409 g/mol. The van der Waals surface area contributed by atoms with Crippen LogP contribution in [0.15, 0.2) is 29.3 Å². The Hall–Kier alpha value is -0.900. The van der Waals surface area contributed by atoms with Crippen LogP contribution in [0.25, 0.3) is 0 Å². The number of guanidine groups is 1. The van der Waals surface area contributed by atoms with Crippen LogP contribution in [0.1, 0.15) is 12.0 Å². The van der Waals surface area contributed by atoms with Crippen LogP contribution in [0, 0.1) is 0 Å². The number of anilines is 1. The normalized spacial score (nSPS) is 11.0. The zero-order valence-electron chi connectivity index (χ0n) is 12.2. The molecule has 0 atom stereocenters. The Labute approximate surface area is 142 Å². The summed E-state index contributed by atoms with van der Waals surface area (Å²) in [5, 5.41) is 11.6. The Morgan fingerprint density at radius 1 is 1.33 bits per heavy atom. The van der Waals surface area contributed by atoms with Crippen molar-refractivity contribution in [3.8, 4) is 0 Å². The predicted octanol–water partition coefficient (Wildman–Crippen LogP) is 1.58. The van der Waals surface area contributed by atoms with E-state index >= 15 is 0 Å². The second-order valence-electron chi connectivity index (χ2n) is 4.17. The molecule has 0 aromatic heterocycles. The summed E-state index contributed by atoms with van der Waals surface area (Å²) >= 11 is 0. The second-order valence-corrected chi connectivity index (χ2v) is 4.17. The molecule has 0 aliphatic rings. The van der Waals surface area contributed by atoms with Gasteiger partial charge in [0.05, 0.1) is 19.8 Å². The van der Waals surface area contributed by atoms with Crippen LogP contribution < -0.4 is 11.1 Å². The van der Waals surface area contributed by atoms with Gasteiger partial charge < -0.3 is 25.6 Å². The fraction of sp³-hybridized carbons (Fsp3) is 0.500. The maximum atomic E-state index is 8.55. The molecule has 0 saturated heterocycles. The van der Waals surface area contributed by atoms with Gasteiger partial charge in [-0.1, -0.05) is 18.2 Å². The summed E-state index contributed by atoms with van der Waals surface area (Å²) in [7, 11) is 1.65. The third-order valence-corrected chi connectivity index (χ3v) is 2.54. The van der Waals surface area contributed by atoms with Crippen molar-refractivity contribution in [3.63, 3.8) is 0 Å². The first kappa shape index (κ1) is 20.1. The Bertz CT molecular complexity index is 416. The molecule has 0 aliphatic heterocycles. The maximum absolute atomic E-state index is 8.55. The number of halogens is 1. The van der Waals surface area contributed by atoms with E-state index in [0.29, 0.717) is 32.3 Å². The monoisotopic (exact) mass is 409 g/mol. The van der Waals surface area contributed by atoms with Crippen LogP contribution in [-0.4, -0.2) is 44.5 Å². The molecule has 1 aromatic rings. The van der Waals surface area contributed by atoms with Gasteiger partial charge in [-0.2, -0.15) is 0 Å². The molecule has 0 fully saturated rings. The lowest BCUT2D eigenvalue weighted by molar-refractivity contribution is 0.0918. The number of para-hydroxylation sites is 1. The molecular weight excluding hydrogens is 385 g/mol. The smallest absolute Gasteiger partial charge is 0.193 e. The van der Waals surface area contributed by atoms with E-state index in [1.807, 2.05) is 24.3 Å². The number of hydrogen-bond donors (Lipinski definition) is 3. The van der Waals surface area contributed by atoms with Crippen molar-refractivity contribution in [3.05, 3.63) is 29.8 Å². The Balaban J connectivity index is 0.00000400. The summed E-state index contributed by atoms with van der Waals surface area (Å²) in [6.07, 6.45) is 0.766. The molecule has 0 saturated carbocycles. The molecular formula is C14H24IN3O3. The highest BCUT2D eigenvalue weighted by molar-refractivity contribution is 14.0. The number of nitrogens with zero attached hydrogens (tertiary/aromatic N) is 1. The highest BCUT2D eigenvalue weighted by Gasteiger charge is 2.02. The van der Waals surface area contributed by atoms with Gasteiger partial charge in [0.25, 0.3) is 0 Å². The van der Waals surface area contributed by atoms with E-state index in [9.17, 15) is 0 Å². The number of nitrogens with one attached hydrogen (secondary N) is 1. The first-order valence-corrected chi connectivity index (χ1v) is 6.60. The molecule has 120 valence electrons. The molecule has 7 heteroatoms. The van der Waals surface area contributed by atoms with E-state index < -0.39 is 0 Å². The van der Waals surface area contributed by atoms with Gasteiger partial charge in [0, 0.05) is 31.5 Å². The van der Waals surface area contributed by atoms with Gasteiger partial charge in [-0.15, -0.1) is 24.0 Å². The number of ether oxygens (including phenoxy) is 2. The number of benzene rings is 1. The Morgan fingerprint density at radius 2 is 2.10 bits per heavy atom. The van der Waals surface area contributed by atoms with Crippen molar-refractivity contribution in [2.75, 3.05) is 38.8 Å². The van der Waals surface area contributed by atoms with Crippen molar-refractivity contribution >= 4 is 35.6 Å². The number of rotatable bonds is 9. The number of hydrogen-bond acceptors (Lipinski definition) is 4. The fourth-order valence-electron chi connectivity index (χ4n) is 1.63. The van der Waals surface area contributed by atoms with Crippen LogP contribution >= 0.6 is 24.0 Å². The summed E-state index contributed by atoms with van der Waals surface area (Å²) < 4.78 is 10.3. The van der Waals surface area contributed by atoms with Crippen LogP contribution in [0.2, 0.25) is 0 Å². The lowest BCUT2D eigenvalue weighted by Crippen LogP contribution is -2.23. The summed E-state index contributed by atoms with van der Waals surface area (Å²) in [5.74, 6) is 0.371. The molecule has 6 nitrogen and oxygen atoms in total. The van der Waals surface area contributed by atoms with E-state index in [-0.39, 0.29) is 30.6 Å². The number of nitrogens with two attached hydrogens (primary N) is 1. The van der Waals surface area contributed by atoms with E-state index in [4.69, 9.17) is 20.3 Å². The van der Waals surface area contributed by atoms with E-state index in [1.165, 1.54) is 0 Å². The number of aliphatic hydroxyl groups excluding tert-OH is 1. The highest BCUT2D eigenvalue weighted by Crippen LogP contribution is 2.15. The zero-order chi connectivity index (χ0) is 14.6. The summed E-state index contributed by atoms with van der Waals surface area (Å²) in [5.41, 5.74) is 7.75. The lowest BCUT2D eigenvalue weighted by atomic mass is 10.2. The van der Waals surface area contributed by atoms with Gasteiger partial charge in [0.15, 0.2) is 5.96 Å². The third kappa shape index (κ3) is 8.86. The molecule has 1 rings (SSSR count). The quantitative estimate of drug-likeness (QED) is 0.250. The SMILES string of the molecule is COCc1ccccc1NC(N)=NCCCOCCO.I. The molecule has 0 heterocycles. The molecule has 0 bridgehead atoms. The summed E-state index contributed by atoms with van der Waals surface area (Å²) in [4.78, 5) is 4.22. The van der Waals surface area contributed by atoms with E-state index in [0.717, 1.165) is 17.7 Å². The first-order chi connectivity index (χ1) is 9.77. The predicted molar refractivity (Wildman–Crippen MR) is 95.2 cm³/mol. The van der Waals surface area contributed by atoms with Gasteiger partial charge in [-0.25, -0.2) is 0 Å². The molecule has 0 unspecified atom stereocenters. The van der Waals surface area contributed by atoms with E-state index in [1.54, 1.807) is 7.11 Å². The van der Waals surface area contributed by atoms with Gasteiger partial charge in [0.1, 0.15) is 0 Å². The van der Waals surface area contributed by atoms with Crippen LogP contribution in [0.3, 0.4) is 0 Å². The third-order valence-electron chi connectivity index (χ3n) is 2.54. The fourth-order valence-corrected chi connectivity index (χ4v) is 1.63. The molecule has 0 amide bonds. The number of aliphatic hydroxyl groups is 1. The van der Waals surface area contributed by atoms with Crippen molar-refractivity contribution in [1.82, 2.24) is 0 Å². The standard InChI is InChI=1S/C14H23N3O3.HI/c1-19-11-12-5-2-3-6-13(12)17-14(15)16-7-4-9-20-10-8-18;/h2-3,5-6,18H,4,7-11H2,1H3,(H3,15,16,17);1H. The topological polar surface area (TPSA) is 89.1 Å². The average Bonchev–Trinajstić information content (AvgIpc) is 2.45. The van der Waals surface area contributed by atoms with Crippen LogP contribution in [0.4, 0.5) is 5.69 Å². The van der Waals surface area contributed by atoms with Crippen molar-refractivity contribution in [2.24, 2.45) is 10.7 Å². The highest BCUT2D eigenvalue weighted by atomic mass is 127. The van der Waals surface area contributed by atoms with Crippen molar-refractivity contribution < 1.29 is 14.6 Å². The van der Waals surface area contributed by atoms with Crippen LogP contribution in [-0.2, 0) is 16.1 Å². The lowest BCUT2D eigenvalue weighted by Gasteiger charge is -2.10. The largest absolute Gasteiger partial charge is 0.394 e. The first-order valence-electron chi connectivity index (χ1n) is 6.60. The second kappa shape index (κ2) is 12.8. The minimum Gasteiger partial charge on any atom is -0.394 e. The molecule has 1 aromatic carbocycles. The van der Waals surface area contributed by atoms with Gasteiger partial charge in [-0.3, -0.25) is 4.99 Å². The molecule has 4 N–H and O–H groups in total. The van der Waals surface area contributed by atoms with Crippen LogP contribution in [0.5, 0.6) is 0 Å². The Morgan fingerprint density at radius 3 is 2.81 bits per heavy atom. The Kier molecular flexibility index (Phi) is 12.3. The number of methoxy groups -OCH3 is 1. The molecule has 0 spiro atoms. The maximum Gasteiger partial charge on any atom is 0.193 e. The molecule has 21 heavy (non-hydrogen) atoms. The van der Waals surface area contributed by atoms with Crippen molar-refractivity contribution in [2.45, 2.75) is 13.0 Å². The van der Waals surface area contributed by atoms with Gasteiger partial charge in [-0.05, 0) is 12.5 Å². The summed E-state index contributed by atoms with van der Waals surface area (Å²) in [6, 6.07) is 7.78. The molecule has 0 radical (unpaired) electrons. The minimum atomic E-state index is 0. The van der Waals surface area contributed by atoms with E-state index in [2.05, 4.69) is 10.3 Å². The van der Waals surface area contributed by atoms with Gasteiger partial charge >= 0.3 is 0 Å². The van der Waals surface area contributed by atoms with Gasteiger partial charge in [0.2, 0.25) is 0 Å². The minimum absolute atomic E-state index is 0. The van der Waals surface area contributed by atoms with Crippen molar-refractivity contribution in [1.29, 1.82) is 0 Å². The summed E-state index contributed by atoms with van der Waals surface area (Å²) in [6.45, 7) is 2.07. The zero-order valence-corrected chi connectivity index (χ0v) is 14.6. The number of aliphatic imine (C=N–C) groups is 1. The molecule has 0 aliphatic carbocycles.